The monoisotopic (exact) mass is 376 g/mol. The summed E-state index contributed by atoms with van der Waals surface area (Å²) in [6.07, 6.45) is 4.22. The number of thiophene rings is 1. The first kappa shape index (κ1) is 16.5. The van der Waals surface area contributed by atoms with Gasteiger partial charge < -0.3 is 10.6 Å². The number of carbonyl (C=O) groups excluding carboxylic acids is 1. The van der Waals surface area contributed by atoms with E-state index in [0.717, 1.165) is 42.2 Å². The van der Waals surface area contributed by atoms with Gasteiger partial charge in [-0.3, -0.25) is 14.7 Å². The number of carbonyl (C=O) groups is 1. The van der Waals surface area contributed by atoms with Gasteiger partial charge in [0.1, 0.15) is 11.2 Å². The summed E-state index contributed by atoms with van der Waals surface area (Å²) < 4.78 is 0. The Balaban J connectivity index is 1.39. The second-order valence-electron chi connectivity index (χ2n) is 6.99. The fraction of sp³-hybridized carbons (Fsp3) is 0.238. The van der Waals surface area contributed by atoms with Crippen LogP contribution in [0.3, 0.4) is 0 Å². The molecule has 27 heavy (non-hydrogen) atoms. The van der Waals surface area contributed by atoms with E-state index in [2.05, 4.69) is 50.8 Å². The van der Waals surface area contributed by atoms with Gasteiger partial charge in [0.2, 0.25) is 0 Å². The summed E-state index contributed by atoms with van der Waals surface area (Å²) in [5.74, 6) is 0.0274. The molecule has 5 nitrogen and oxygen atoms in total. The summed E-state index contributed by atoms with van der Waals surface area (Å²) in [6.45, 7) is 2.82. The molecule has 5 rings (SSSR count). The van der Waals surface area contributed by atoms with Gasteiger partial charge in [-0.05, 0) is 35.2 Å². The summed E-state index contributed by atoms with van der Waals surface area (Å²) in [5.41, 5.74) is 4.41. The van der Waals surface area contributed by atoms with Crippen molar-refractivity contribution in [2.45, 2.75) is 25.7 Å². The molecule has 3 aromatic rings. The molecule has 0 bridgehead atoms. The van der Waals surface area contributed by atoms with Gasteiger partial charge in [0.15, 0.2) is 0 Å². The highest BCUT2D eigenvalue weighted by atomic mass is 32.1. The molecule has 0 radical (unpaired) electrons. The second-order valence-corrected chi connectivity index (χ2v) is 8.09. The maximum atomic E-state index is 12.8. The number of benzene rings is 1. The van der Waals surface area contributed by atoms with Crippen LogP contribution in [0.4, 0.5) is 5.00 Å². The summed E-state index contributed by atoms with van der Waals surface area (Å²) >= 11 is 1.73. The van der Waals surface area contributed by atoms with E-state index in [1.807, 2.05) is 12.1 Å². The maximum absolute atomic E-state index is 12.8. The molecular weight excluding hydrogens is 356 g/mol. The highest BCUT2D eigenvalue weighted by Crippen LogP contribution is 2.40. The standard InChI is InChI=1S/C21H20N4OS/c26-20-18-16-8-11-25(12-14-4-2-1-3-5-14)13-17(16)27-21(18)24-19(23-20)15-6-9-22-10-7-15/h1-7,9-10,19,24H,8,11-13H2,(H,23,26). The van der Waals surface area contributed by atoms with Crippen LogP contribution in [-0.2, 0) is 19.5 Å². The molecule has 0 saturated carbocycles. The zero-order chi connectivity index (χ0) is 18.2. The Bertz CT molecular complexity index is 971. The Morgan fingerprint density at radius 1 is 1.11 bits per heavy atom. The van der Waals surface area contributed by atoms with Gasteiger partial charge in [0.25, 0.3) is 5.91 Å². The maximum Gasteiger partial charge on any atom is 0.256 e. The molecule has 2 N–H and O–H groups in total. The summed E-state index contributed by atoms with van der Waals surface area (Å²) in [5, 5.41) is 7.59. The average molecular weight is 376 g/mol. The summed E-state index contributed by atoms with van der Waals surface area (Å²) in [7, 11) is 0. The van der Waals surface area contributed by atoms with Crippen molar-refractivity contribution >= 4 is 22.2 Å². The van der Waals surface area contributed by atoms with Crippen molar-refractivity contribution in [3.05, 3.63) is 82.0 Å². The molecule has 1 atom stereocenters. The number of rotatable bonds is 3. The molecule has 0 spiro atoms. The van der Waals surface area contributed by atoms with Crippen LogP contribution in [-0.4, -0.2) is 22.3 Å². The van der Waals surface area contributed by atoms with Gasteiger partial charge in [0, 0.05) is 36.9 Å². The topological polar surface area (TPSA) is 57.3 Å². The lowest BCUT2D eigenvalue weighted by Crippen LogP contribution is -2.38. The van der Waals surface area contributed by atoms with E-state index in [-0.39, 0.29) is 12.1 Å². The number of nitrogens with one attached hydrogen (secondary N) is 2. The second kappa shape index (κ2) is 6.79. The lowest BCUT2D eigenvalue weighted by Gasteiger charge is -2.28. The molecule has 6 heteroatoms. The lowest BCUT2D eigenvalue weighted by atomic mass is 10.00. The van der Waals surface area contributed by atoms with E-state index in [1.54, 1.807) is 23.7 Å². The Morgan fingerprint density at radius 3 is 2.74 bits per heavy atom. The first-order valence-corrected chi connectivity index (χ1v) is 9.98. The third-order valence-corrected chi connectivity index (χ3v) is 6.35. The number of amides is 1. The van der Waals surface area contributed by atoms with E-state index in [9.17, 15) is 4.79 Å². The van der Waals surface area contributed by atoms with Crippen LogP contribution in [0.25, 0.3) is 0 Å². The summed E-state index contributed by atoms with van der Waals surface area (Å²) in [4.78, 5) is 20.6. The Kier molecular flexibility index (Phi) is 4.14. The van der Waals surface area contributed by atoms with Crippen LogP contribution >= 0.6 is 11.3 Å². The number of pyridine rings is 1. The van der Waals surface area contributed by atoms with Gasteiger partial charge in [-0.15, -0.1) is 11.3 Å². The normalized spacial score (nSPS) is 19.0. The largest absolute Gasteiger partial charge is 0.353 e. The van der Waals surface area contributed by atoms with Crippen LogP contribution in [0.2, 0.25) is 0 Å². The fourth-order valence-electron chi connectivity index (χ4n) is 3.87. The van der Waals surface area contributed by atoms with Gasteiger partial charge in [-0.2, -0.15) is 0 Å². The van der Waals surface area contributed by atoms with Crippen molar-refractivity contribution in [3.63, 3.8) is 0 Å². The molecule has 1 unspecified atom stereocenters. The van der Waals surface area contributed by atoms with E-state index >= 15 is 0 Å². The molecule has 0 saturated heterocycles. The van der Waals surface area contributed by atoms with Crippen molar-refractivity contribution in [1.82, 2.24) is 15.2 Å². The fourth-order valence-corrected chi connectivity index (χ4v) is 5.18. The zero-order valence-corrected chi connectivity index (χ0v) is 15.6. The number of anilines is 1. The minimum atomic E-state index is -0.200. The van der Waals surface area contributed by atoms with E-state index in [0.29, 0.717) is 0 Å². The minimum Gasteiger partial charge on any atom is -0.353 e. The highest BCUT2D eigenvalue weighted by molar-refractivity contribution is 7.16. The van der Waals surface area contributed by atoms with Gasteiger partial charge in [0.05, 0.1) is 5.56 Å². The molecular formula is C21H20N4OS. The van der Waals surface area contributed by atoms with Crippen LogP contribution in [0.5, 0.6) is 0 Å². The smallest absolute Gasteiger partial charge is 0.256 e. The predicted molar refractivity (Wildman–Crippen MR) is 107 cm³/mol. The highest BCUT2D eigenvalue weighted by Gasteiger charge is 2.33. The SMILES string of the molecule is O=C1NC(c2ccncc2)Nc2sc3c(c21)CCN(Cc1ccccc1)C3. The number of hydrogen-bond donors (Lipinski definition) is 2. The van der Waals surface area contributed by atoms with E-state index < -0.39 is 0 Å². The van der Waals surface area contributed by atoms with E-state index in [1.165, 1.54) is 16.0 Å². The van der Waals surface area contributed by atoms with Crippen LogP contribution < -0.4 is 10.6 Å². The van der Waals surface area contributed by atoms with Crippen molar-refractivity contribution in [2.75, 3.05) is 11.9 Å². The quantitative estimate of drug-likeness (QED) is 0.734. The van der Waals surface area contributed by atoms with Crippen LogP contribution in [0.1, 0.15) is 38.1 Å². The Labute approximate surface area is 162 Å². The molecule has 136 valence electrons. The molecule has 0 aliphatic carbocycles. The third kappa shape index (κ3) is 3.11. The average Bonchev–Trinajstić information content (AvgIpc) is 3.07. The van der Waals surface area contributed by atoms with Crippen molar-refractivity contribution in [3.8, 4) is 0 Å². The van der Waals surface area contributed by atoms with Crippen molar-refractivity contribution in [2.24, 2.45) is 0 Å². The molecule has 1 aromatic carbocycles. The number of aromatic nitrogens is 1. The first-order valence-electron chi connectivity index (χ1n) is 9.16. The first-order chi connectivity index (χ1) is 13.3. The van der Waals surface area contributed by atoms with Crippen LogP contribution in [0.15, 0.2) is 54.9 Å². The zero-order valence-electron chi connectivity index (χ0n) is 14.8. The van der Waals surface area contributed by atoms with Crippen LogP contribution in [0, 0.1) is 0 Å². The van der Waals surface area contributed by atoms with Gasteiger partial charge in [-0.1, -0.05) is 30.3 Å². The Hall–Kier alpha value is -2.70. The molecule has 4 heterocycles. The molecule has 1 amide bonds. The molecule has 0 fully saturated rings. The third-order valence-electron chi connectivity index (χ3n) is 5.20. The Morgan fingerprint density at radius 2 is 1.93 bits per heavy atom. The van der Waals surface area contributed by atoms with E-state index in [4.69, 9.17) is 0 Å². The molecule has 2 aromatic heterocycles. The van der Waals surface area contributed by atoms with Crippen molar-refractivity contribution < 1.29 is 4.79 Å². The number of nitrogens with zero attached hydrogens (tertiary/aromatic N) is 2. The number of fused-ring (bicyclic) bond motifs is 3. The predicted octanol–water partition coefficient (Wildman–Crippen LogP) is 3.56. The number of hydrogen-bond acceptors (Lipinski definition) is 5. The minimum absolute atomic E-state index is 0.0274. The van der Waals surface area contributed by atoms with Gasteiger partial charge >= 0.3 is 0 Å². The van der Waals surface area contributed by atoms with Gasteiger partial charge in [-0.25, -0.2) is 0 Å². The summed E-state index contributed by atoms with van der Waals surface area (Å²) in [6, 6.07) is 14.4. The molecule has 2 aliphatic heterocycles. The lowest BCUT2D eigenvalue weighted by molar-refractivity contribution is 0.0934. The van der Waals surface area contributed by atoms with Crippen molar-refractivity contribution in [1.29, 1.82) is 0 Å². The molecule has 2 aliphatic rings.